The second-order valence-electron chi connectivity index (χ2n) is 6.29. The number of hydrogen-bond acceptors (Lipinski definition) is 4. The van der Waals surface area contributed by atoms with Gasteiger partial charge in [-0.05, 0) is 70.0 Å². The first-order valence-electron chi connectivity index (χ1n) is 8.05. The number of rotatable bonds is 2. The van der Waals surface area contributed by atoms with Gasteiger partial charge in [0.2, 0.25) is 0 Å². The molecular formula is C20H14F3NO2S. The highest BCUT2D eigenvalue weighted by Crippen LogP contribution is 2.49. The lowest BCUT2D eigenvalue weighted by atomic mass is 9.95. The van der Waals surface area contributed by atoms with Gasteiger partial charge in [0.05, 0.1) is 10.6 Å². The van der Waals surface area contributed by atoms with E-state index in [4.69, 9.17) is 5.73 Å². The average Bonchev–Trinajstić information content (AvgIpc) is 3.17. The number of phenolic OH excluding ortho intramolecular Hbond substituents is 2. The Balaban J connectivity index is 2.01. The molecule has 0 saturated carbocycles. The van der Waals surface area contributed by atoms with Crippen molar-refractivity contribution in [2.24, 2.45) is 0 Å². The van der Waals surface area contributed by atoms with E-state index in [0.717, 1.165) is 6.07 Å². The van der Waals surface area contributed by atoms with Gasteiger partial charge in [-0.25, -0.2) is 0 Å². The Morgan fingerprint density at radius 2 is 1.63 bits per heavy atom. The number of alkyl halides is 3. The number of halogens is 3. The number of allylic oxidation sites excluding steroid dienone is 1. The summed E-state index contributed by atoms with van der Waals surface area (Å²) in [5.74, 6) is -0.376. The third-order valence-corrected chi connectivity index (χ3v) is 5.39. The number of fused-ring (bicyclic) bond motifs is 1. The Morgan fingerprint density at radius 3 is 2.22 bits per heavy atom. The molecule has 138 valence electrons. The Kier molecular flexibility index (Phi) is 3.92. The van der Waals surface area contributed by atoms with Crippen LogP contribution in [0.4, 0.5) is 18.2 Å². The Morgan fingerprint density at radius 1 is 0.926 bits per heavy atom. The molecule has 0 aliphatic heterocycles. The van der Waals surface area contributed by atoms with Gasteiger partial charge in [0.25, 0.3) is 0 Å². The van der Waals surface area contributed by atoms with Crippen molar-refractivity contribution < 1.29 is 23.4 Å². The summed E-state index contributed by atoms with van der Waals surface area (Å²) in [5, 5.41) is 21.7. The lowest BCUT2D eigenvalue weighted by molar-refractivity contribution is -0.138. The molecule has 1 aliphatic carbocycles. The van der Waals surface area contributed by atoms with Crippen LogP contribution in [-0.4, -0.2) is 10.2 Å². The van der Waals surface area contributed by atoms with E-state index in [0.29, 0.717) is 32.8 Å². The molecule has 0 amide bonds. The van der Waals surface area contributed by atoms with E-state index in [-0.39, 0.29) is 17.7 Å². The fourth-order valence-corrected chi connectivity index (χ4v) is 4.14. The third kappa shape index (κ3) is 2.94. The second kappa shape index (κ2) is 6.06. The van der Waals surface area contributed by atoms with Crippen LogP contribution >= 0.6 is 11.3 Å². The van der Waals surface area contributed by atoms with Crippen molar-refractivity contribution in [3.63, 3.8) is 0 Å². The zero-order valence-electron chi connectivity index (χ0n) is 13.8. The van der Waals surface area contributed by atoms with Crippen molar-refractivity contribution in [1.82, 2.24) is 0 Å². The summed E-state index contributed by atoms with van der Waals surface area (Å²) in [6.45, 7) is 0. The highest BCUT2D eigenvalue weighted by Gasteiger charge is 2.38. The average molecular weight is 389 g/mol. The minimum atomic E-state index is -4.58. The fraction of sp³-hybridized carbons (Fsp3) is 0.100. The molecule has 4 N–H and O–H groups in total. The maximum Gasteiger partial charge on any atom is 0.416 e. The topological polar surface area (TPSA) is 66.5 Å². The lowest BCUT2D eigenvalue weighted by Gasteiger charge is -2.14. The summed E-state index contributed by atoms with van der Waals surface area (Å²) in [6, 6.07) is 10.2. The molecule has 3 aromatic rings. The van der Waals surface area contributed by atoms with Crippen LogP contribution in [0.1, 0.15) is 27.8 Å². The minimum absolute atomic E-state index is 0.0554. The molecule has 0 saturated heterocycles. The minimum Gasteiger partial charge on any atom is -0.508 e. The molecule has 27 heavy (non-hydrogen) atoms. The second-order valence-corrected chi connectivity index (χ2v) is 7.24. The van der Waals surface area contributed by atoms with E-state index in [1.807, 2.05) is 0 Å². The first-order valence-corrected chi connectivity index (χ1v) is 8.93. The van der Waals surface area contributed by atoms with Gasteiger partial charge in [-0.2, -0.15) is 13.2 Å². The molecule has 0 fully saturated rings. The number of anilines is 1. The molecular weight excluding hydrogens is 375 g/mol. The van der Waals surface area contributed by atoms with Crippen LogP contribution in [0.3, 0.4) is 0 Å². The lowest BCUT2D eigenvalue weighted by Crippen LogP contribution is -2.09. The zero-order valence-corrected chi connectivity index (χ0v) is 14.7. The van der Waals surface area contributed by atoms with Gasteiger partial charge >= 0.3 is 6.18 Å². The van der Waals surface area contributed by atoms with Crippen LogP contribution in [0.25, 0.3) is 11.1 Å². The van der Waals surface area contributed by atoms with Gasteiger partial charge in [0.15, 0.2) is 0 Å². The highest BCUT2D eigenvalue weighted by atomic mass is 32.1. The molecule has 0 bridgehead atoms. The summed E-state index contributed by atoms with van der Waals surface area (Å²) in [6.07, 6.45) is -4.53. The quantitative estimate of drug-likeness (QED) is 0.559. The molecule has 1 heterocycles. The van der Waals surface area contributed by atoms with Gasteiger partial charge in [0.1, 0.15) is 11.5 Å². The van der Waals surface area contributed by atoms with Gasteiger partial charge in [0, 0.05) is 5.56 Å². The van der Waals surface area contributed by atoms with Crippen LogP contribution in [-0.2, 0) is 12.6 Å². The van der Waals surface area contributed by atoms with Crippen LogP contribution in [0.15, 0.2) is 47.8 Å². The number of thiophene rings is 1. The van der Waals surface area contributed by atoms with E-state index in [1.165, 1.54) is 29.5 Å². The number of benzene rings is 2. The standard InChI is InChI=1S/C20H14F3NO2S/c21-20(22,23)17-8-12(26)7-16-15(17)9-14(10-1-3-11(25)4-2-10)18(16)13-5-6-27-19(13)24/h1-8,25-26H,9,24H2. The number of aromatic hydroxyl groups is 2. The molecule has 0 unspecified atom stereocenters. The van der Waals surface area contributed by atoms with E-state index in [2.05, 4.69) is 0 Å². The molecule has 2 aromatic carbocycles. The third-order valence-electron chi connectivity index (χ3n) is 4.65. The van der Waals surface area contributed by atoms with Crippen LogP contribution < -0.4 is 5.73 Å². The molecule has 1 aliphatic rings. The number of hydrogen-bond donors (Lipinski definition) is 3. The van der Waals surface area contributed by atoms with Gasteiger partial charge in [-0.1, -0.05) is 12.1 Å². The predicted molar refractivity (Wildman–Crippen MR) is 99.6 cm³/mol. The molecule has 0 spiro atoms. The van der Waals surface area contributed by atoms with E-state index in [1.54, 1.807) is 23.6 Å². The molecule has 0 radical (unpaired) electrons. The van der Waals surface area contributed by atoms with Crippen molar-refractivity contribution in [2.75, 3.05) is 5.73 Å². The van der Waals surface area contributed by atoms with Gasteiger partial charge in [-0.15, -0.1) is 11.3 Å². The number of nitrogen functional groups attached to an aromatic ring is 1. The normalized spacial score (nSPS) is 13.9. The summed E-state index contributed by atoms with van der Waals surface area (Å²) in [5.41, 5.74) is 8.24. The Hall–Kier alpha value is -2.93. The molecule has 0 atom stereocenters. The Labute approximate surface area is 156 Å². The van der Waals surface area contributed by atoms with Gasteiger partial charge < -0.3 is 15.9 Å². The van der Waals surface area contributed by atoms with Gasteiger partial charge in [-0.3, -0.25) is 0 Å². The predicted octanol–water partition coefficient (Wildman–Crippen LogP) is 5.28. The summed E-state index contributed by atoms with van der Waals surface area (Å²) in [7, 11) is 0. The monoisotopic (exact) mass is 389 g/mol. The fourth-order valence-electron chi connectivity index (χ4n) is 3.50. The number of nitrogens with two attached hydrogens (primary N) is 1. The Bertz CT molecular complexity index is 1070. The van der Waals surface area contributed by atoms with E-state index in [9.17, 15) is 23.4 Å². The first kappa shape index (κ1) is 17.5. The SMILES string of the molecule is Nc1sccc1C1=C(c2ccc(O)cc2)Cc2c1cc(O)cc2C(F)(F)F. The van der Waals surface area contributed by atoms with Crippen molar-refractivity contribution in [1.29, 1.82) is 0 Å². The summed E-state index contributed by atoms with van der Waals surface area (Å²) >= 11 is 1.30. The largest absolute Gasteiger partial charge is 0.508 e. The molecule has 7 heteroatoms. The van der Waals surface area contributed by atoms with Crippen molar-refractivity contribution in [3.8, 4) is 11.5 Å². The maximum absolute atomic E-state index is 13.6. The number of phenols is 2. The van der Waals surface area contributed by atoms with Crippen LogP contribution in [0.5, 0.6) is 11.5 Å². The maximum atomic E-state index is 13.6. The molecule has 3 nitrogen and oxygen atoms in total. The van der Waals surface area contributed by atoms with Crippen molar-refractivity contribution in [2.45, 2.75) is 12.6 Å². The summed E-state index contributed by atoms with van der Waals surface area (Å²) < 4.78 is 40.7. The summed E-state index contributed by atoms with van der Waals surface area (Å²) in [4.78, 5) is 0. The highest BCUT2D eigenvalue weighted by molar-refractivity contribution is 7.14. The van der Waals surface area contributed by atoms with E-state index >= 15 is 0 Å². The van der Waals surface area contributed by atoms with E-state index < -0.39 is 17.5 Å². The molecule has 4 rings (SSSR count). The smallest absolute Gasteiger partial charge is 0.416 e. The van der Waals surface area contributed by atoms with Crippen molar-refractivity contribution in [3.05, 3.63) is 75.7 Å². The van der Waals surface area contributed by atoms with Crippen LogP contribution in [0, 0.1) is 0 Å². The van der Waals surface area contributed by atoms with Crippen molar-refractivity contribution >= 4 is 27.5 Å². The van der Waals surface area contributed by atoms with Crippen LogP contribution in [0.2, 0.25) is 0 Å². The zero-order chi connectivity index (χ0) is 19.3. The molecule has 1 aromatic heterocycles. The first-order chi connectivity index (χ1) is 12.8.